The molecule has 8 nitrogen and oxygen atoms in total. The van der Waals surface area contributed by atoms with Crippen LogP contribution < -0.4 is 14.8 Å². The molecule has 144 valence electrons. The monoisotopic (exact) mass is 392 g/mol. The standard InChI is InChI=1S/C18H20N2O6S/c1-12-7-8-16(25-3)15(9-12)20-17(21)11-26-18(22)13-5-4-6-14(10-13)27(23,24)19-2/h4-10,19H,11H2,1-3H3,(H,20,21). The number of esters is 1. The van der Waals surface area contributed by atoms with E-state index in [2.05, 4.69) is 10.0 Å². The SMILES string of the molecule is CNS(=O)(=O)c1cccc(C(=O)OCC(=O)Nc2cc(C)ccc2OC)c1. The summed E-state index contributed by atoms with van der Waals surface area (Å²) in [4.78, 5) is 24.1. The highest BCUT2D eigenvalue weighted by atomic mass is 32.2. The fraction of sp³-hybridized carbons (Fsp3) is 0.222. The molecule has 2 rings (SSSR count). The molecule has 0 heterocycles. The fourth-order valence-electron chi connectivity index (χ4n) is 2.23. The van der Waals surface area contributed by atoms with Gasteiger partial charge in [-0.05, 0) is 49.9 Å². The summed E-state index contributed by atoms with van der Waals surface area (Å²) in [5.74, 6) is -0.883. The zero-order chi connectivity index (χ0) is 20.0. The number of sulfonamides is 1. The maximum absolute atomic E-state index is 12.1. The Morgan fingerprint density at radius 1 is 1.11 bits per heavy atom. The molecule has 27 heavy (non-hydrogen) atoms. The highest BCUT2D eigenvalue weighted by molar-refractivity contribution is 7.89. The highest BCUT2D eigenvalue weighted by Gasteiger charge is 2.16. The van der Waals surface area contributed by atoms with Gasteiger partial charge in [0.2, 0.25) is 10.0 Å². The first-order valence-electron chi connectivity index (χ1n) is 7.92. The van der Waals surface area contributed by atoms with E-state index in [0.29, 0.717) is 11.4 Å². The minimum Gasteiger partial charge on any atom is -0.495 e. The lowest BCUT2D eigenvalue weighted by Crippen LogP contribution is -2.22. The van der Waals surface area contributed by atoms with Gasteiger partial charge in [-0.3, -0.25) is 4.79 Å². The van der Waals surface area contributed by atoms with Crippen molar-refractivity contribution in [2.75, 3.05) is 26.1 Å². The molecule has 9 heteroatoms. The van der Waals surface area contributed by atoms with Crippen molar-refractivity contribution in [2.24, 2.45) is 0 Å². The van der Waals surface area contributed by atoms with Gasteiger partial charge in [-0.1, -0.05) is 12.1 Å². The topological polar surface area (TPSA) is 111 Å². The third-order valence-electron chi connectivity index (χ3n) is 3.61. The molecule has 0 aliphatic rings. The van der Waals surface area contributed by atoms with Crippen LogP contribution in [0.5, 0.6) is 5.75 Å². The van der Waals surface area contributed by atoms with E-state index in [0.717, 1.165) is 5.56 Å². The van der Waals surface area contributed by atoms with Gasteiger partial charge in [-0.2, -0.15) is 0 Å². The third kappa shape index (κ3) is 5.28. The van der Waals surface area contributed by atoms with E-state index >= 15 is 0 Å². The maximum Gasteiger partial charge on any atom is 0.338 e. The molecule has 0 aliphatic heterocycles. The zero-order valence-corrected chi connectivity index (χ0v) is 15.9. The summed E-state index contributed by atoms with van der Waals surface area (Å²) in [6.07, 6.45) is 0. The average Bonchev–Trinajstić information content (AvgIpc) is 2.66. The molecule has 2 N–H and O–H groups in total. The van der Waals surface area contributed by atoms with Crippen LogP contribution in [-0.4, -0.2) is 41.1 Å². The van der Waals surface area contributed by atoms with Crippen molar-refractivity contribution in [1.82, 2.24) is 4.72 Å². The van der Waals surface area contributed by atoms with Crippen molar-refractivity contribution in [1.29, 1.82) is 0 Å². The number of hydrogen-bond acceptors (Lipinski definition) is 6. The molecule has 2 aromatic rings. The normalized spacial score (nSPS) is 10.9. The molecule has 0 bridgehead atoms. The summed E-state index contributed by atoms with van der Waals surface area (Å²) < 4.78 is 35.9. The number of ether oxygens (including phenoxy) is 2. The number of carbonyl (C=O) groups excluding carboxylic acids is 2. The molecule has 0 aliphatic carbocycles. The quantitative estimate of drug-likeness (QED) is 0.694. The van der Waals surface area contributed by atoms with Crippen molar-refractivity contribution in [3.05, 3.63) is 53.6 Å². The van der Waals surface area contributed by atoms with E-state index in [-0.39, 0.29) is 10.5 Å². The van der Waals surface area contributed by atoms with Gasteiger partial charge in [0.05, 0.1) is 23.3 Å². The third-order valence-corrected chi connectivity index (χ3v) is 5.02. The van der Waals surface area contributed by atoms with E-state index in [1.54, 1.807) is 12.1 Å². The lowest BCUT2D eigenvalue weighted by molar-refractivity contribution is -0.119. The van der Waals surface area contributed by atoms with Gasteiger partial charge in [0.15, 0.2) is 6.61 Å². The smallest absolute Gasteiger partial charge is 0.338 e. The highest BCUT2D eigenvalue weighted by Crippen LogP contribution is 2.25. The second kappa shape index (κ2) is 8.65. The van der Waals surface area contributed by atoms with E-state index in [1.807, 2.05) is 13.0 Å². The minimum atomic E-state index is -3.69. The molecular weight excluding hydrogens is 372 g/mol. The second-order valence-corrected chi connectivity index (χ2v) is 7.45. The van der Waals surface area contributed by atoms with Gasteiger partial charge >= 0.3 is 5.97 Å². The number of hydrogen-bond donors (Lipinski definition) is 2. The Hall–Kier alpha value is -2.91. The molecule has 0 aromatic heterocycles. The second-order valence-electron chi connectivity index (χ2n) is 5.56. The number of rotatable bonds is 7. The molecule has 0 unspecified atom stereocenters. The van der Waals surface area contributed by atoms with Crippen LogP contribution in [-0.2, 0) is 19.6 Å². The van der Waals surface area contributed by atoms with Crippen LogP contribution in [0.2, 0.25) is 0 Å². The summed E-state index contributed by atoms with van der Waals surface area (Å²) in [6, 6.07) is 10.6. The average molecular weight is 392 g/mol. The molecule has 0 radical (unpaired) electrons. The molecule has 0 spiro atoms. The van der Waals surface area contributed by atoms with Gasteiger partial charge in [0.25, 0.3) is 5.91 Å². The number of anilines is 1. The van der Waals surface area contributed by atoms with Crippen LogP contribution in [0.1, 0.15) is 15.9 Å². The largest absolute Gasteiger partial charge is 0.495 e. The van der Waals surface area contributed by atoms with Crippen molar-refractivity contribution < 1.29 is 27.5 Å². The molecule has 1 amide bonds. The molecule has 0 saturated heterocycles. The first-order chi connectivity index (χ1) is 12.8. The fourth-order valence-corrected chi connectivity index (χ4v) is 3.00. The number of methoxy groups -OCH3 is 1. The minimum absolute atomic E-state index is 0.0206. The molecule has 0 saturated carbocycles. The van der Waals surface area contributed by atoms with E-state index in [9.17, 15) is 18.0 Å². The van der Waals surface area contributed by atoms with Crippen molar-refractivity contribution in [2.45, 2.75) is 11.8 Å². The molecule has 0 fully saturated rings. The van der Waals surface area contributed by atoms with Crippen LogP contribution in [0.25, 0.3) is 0 Å². The summed E-state index contributed by atoms with van der Waals surface area (Å²) in [6.45, 7) is 1.33. The number of carbonyl (C=O) groups is 2. The van der Waals surface area contributed by atoms with Gasteiger partial charge in [0, 0.05) is 0 Å². The summed E-state index contributed by atoms with van der Waals surface area (Å²) >= 11 is 0. The number of aryl methyl sites for hydroxylation is 1. The maximum atomic E-state index is 12.1. The van der Waals surface area contributed by atoms with Crippen LogP contribution in [0, 0.1) is 6.92 Å². The van der Waals surface area contributed by atoms with Gasteiger partial charge < -0.3 is 14.8 Å². The van der Waals surface area contributed by atoms with Crippen LogP contribution in [0.15, 0.2) is 47.4 Å². The van der Waals surface area contributed by atoms with Gasteiger partial charge in [-0.25, -0.2) is 17.9 Å². The zero-order valence-electron chi connectivity index (χ0n) is 15.1. The summed E-state index contributed by atoms with van der Waals surface area (Å²) in [7, 11) is -0.942. The van der Waals surface area contributed by atoms with Crippen molar-refractivity contribution in [3.8, 4) is 5.75 Å². The Balaban J connectivity index is 2.03. The molecule has 2 aromatic carbocycles. The molecular formula is C18H20N2O6S. The lowest BCUT2D eigenvalue weighted by Gasteiger charge is -2.11. The number of nitrogens with one attached hydrogen (secondary N) is 2. The van der Waals surface area contributed by atoms with E-state index in [1.165, 1.54) is 38.4 Å². The predicted octanol–water partition coefficient (Wildman–Crippen LogP) is 1.71. The van der Waals surface area contributed by atoms with E-state index < -0.39 is 28.5 Å². The number of amides is 1. The van der Waals surface area contributed by atoms with Crippen molar-refractivity contribution in [3.63, 3.8) is 0 Å². The van der Waals surface area contributed by atoms with Crippen molar-refractivity contribution >= 4 is 27.6 Å². The Morgan fingerprint density at radius 2 is 1.85 bits per heavy atom. The lowest BCUT2D eigenvalue weighted by atomic mass is 10.2. The number of benzene rings is 2. The Labute approximate surface area is 157 Å². The first kappa shape index (κ1) is 20.4. The first-order valence-corrected chi connectivity index (χ1v) is 9.40. The van der Waals surface area contributed by atoms with Gasteiger partial charge in [0.1, 0.15) is 5.75 Å². The summed E-state index contributed by atoms with van der Waals surface area (Å²) in [5.41, 5.74) is 1.40. The Morgan fingerprint density at radius 3 is 2.52 bits per heavy atom. The van der Waals surface area contributed by atoms with E-state index in [4.69, 9.17) is 9.47 Å². The Bertz CT molecular complexity index is 956. The van der Waals surface area contributed by atoms with Crippen LogP contribution in [0.4, 0.5) is 5.69 Å². The molecule has 0 atom stereocenters. The summed E-state index contributed by atoms with van der Waals surface area (Å²) in [5, 5.41) is 2.61. The Kier molecular flexibility index (Phi) is 6.54. The van der Waals surface area contributed by atoms with Crippen LogP contribution in [0.3, 0.4) is 0 Å². The predicted molar refractivity (Wildman–Crippen MR) is 99.3 cm³/mol. The van der Waals surface area contributed by atoms with Crippen LogP contribution >= 0.6 is 0 Å². The van der Waals surface area contributed by atoms with Gasteiger partial charge in [-0.15, -0.1) is 0 Å².